The van der Waals surface area contributed by atoms with Gasteiger partial charge in [-0.15, -0.1) is 0 Å². The molecule has 2 aromatic carbocycles. The summed E-state index contributed by atoms with van der Waals surface area (Å²) >= 11 is 0. The number of methoxy groups -OCH3 is 1. The van der Waals surface area contributed by atoms with Crippen LogP contribution in [0, 0.1) is 5.92 Å². The fraction of sp³-hybridized carbons (Fsp3) is 0.333. The Balaban J connectivity index is 1.60. The molecule has 5 nitrogen and oxygen atoms in total. The lowest BCUT2D eigenvalue weighted by atomic mass is 9.89. The number of hydrogen-bond acceptors (Lipinski definition) is 3. The molecule has 0 N–H and O–H groups in total. The molecule has 1 fully saturated rings. The number of carbonyl (C=O) groups excluding carboxylic acids is 2. The van der Waals surface area contributed by atoms with Crippen molar-refractivity contribution in [1.82, 2.24) is 4.90 Å². The van der Waals surface area contributed by atoms with E-state index in [1.54, 1.807) is 19.1 Å². The summed E-state index contributed by atoms with van der Waals surface area (Å²) in [5.74, 6) is 0.886. The number of benzene rings is 2. The van der Waals surface area contributed by atoms with E-state index in [2.05, 4.69) is 0 Å². The quantitative estimate of drug-likeness (QED) is 0.786. The van der Waals surface area contributed by atoms with E-state index in [0.717, 1.165) is 11.3 Å². The first-order valence-corrected chi connectivity index (χ1v) is 8.86. The van der Waals surface area contributed by atoms with Crippen LogP contribution in [0.4, 0.5) is 10.5 Å². The third kappa shape index (κ3) is 3.87. The van der Waals surface area contributed by atoms with Crippen LogP contribution in [0.1, 0.15) is 23.2 Å². The van der Waals surface area contributed by atoms with Crippen LogP contribution in [-0.2, 0) is 0 Å². The molecule has 1 aliphatic heterocycles. The molecule has 0 aliphatic carbocycles. The Morgan fingerprint density at radius 3 is 2.38 bits per heavy atom. The van der Waals surface area contributed by atoms with Gasteiger partial charge in [-0.1, -0.05) is 36.4 Å². The molecule has 136 valence electrons. The van der Waals surface area contributed by atoms with Gasteiger partial charge in [-0.2, -0.15) is 0 Å². The fourth-order valence-electron chi connectivity index (χ4n) is 3.31. The van der Waals surface area contributed by atoms with Crippen LogP contribution in [0.2, 0.25) is 0 Å². The van der Waals surface area contributed by atoms with Crippen LogP contribution >= 0.6 is 0 Å². The molecule has 0 bridgehead atoms. The lowest BCUT2D eigenvalue weighted by molar-refractivity contribution is 0.0857. The highest BCUT2D eigenvalue weighted by Crippen LogP contribution is 2.25. The Kier molecular flexibility index (Phi) is 5.56. The topological polar surface area (TPSA) is 49.9 Å². The van der Waals surface area contributed by atoms with E-state index in [0.29, 0.717) is 31.7 Å². The molecule has 3 rings (SSSR count). The molecule has 0 radical (unpaired) electrons. The second kappa shape index (κ2) is 8.04. The minimum Gasteiger partial charge on any atom is -0.497 e. The molecule has 0 aromatic heterocycles. The van der Waals surface area contributed by atoms with Crippen molar-refractivity contribution in [3.05, 3.63) is 60.2 Å². The van der Waals surface area contributed by atoms with E-state index in [4.69, 9.17) is 4.74 Å². The van der Waals surface area contributed by atoms with Crippen molar-refractivity contribution in [3.8, 4) is 5.75 Å². The average molecular weight is 352 g/mol. The van der Waals surface area contributed by atoms with Gasteiger partial charge in [0.25, 0.3) is 0 Å². The number of carbonyl (C=O) groups is 2. The molecule has 1 saturated heterocycles. The summed E-state index contributed by atoms with van der Waals surface area (Å²) in [5.41, 5.74) is 1.54. The monoisotopic (exact) mass is 352 g/mol. The van der Waals surface area contributed by atoms with Crippen LogP contribution < -0.4 is 9.64 Å². The van der Waals surface area contributed by atoms with Gasteiger partial charge in [-0.05, 0) is 25.0 Å². The smallest absolute Gasteiger partial charge is 0.324 e. The molecule has 26 heavy (non-hydrogen) atoms. The molecule has 5 heteroatoms. The SMILES string of the molecule is COc1cccc(N(C)C(=O)N2CCC(C(=O)c3ccccc3)CC2)c1. The number of rotatable bonds is 4. The van der Waals surface area contributed by atoms with Gasteiger partial charge < -0.3 is 9.64 Å². The maximum Gasteiger partial charge on any atom is 0.324 e. The third-order valence-electron chi connectivity index (χ3n) is 4.92. The molecule has 2 amide bonds. The van der Waals surface area contributed by atoms with Gasteiger partial charge in [-0.25, -0.2) is 4.79 Å². The average Bonchev–Trinajstić information content (AvgIpc) is 2.73. The van der Waals surface area contributed by atoms with Crippen molar-refractivity contribution in [2.75, 3.05) is 32.1 Å². The number of ketones is 1. The van der Waals surface area contributed by atoms with Gasteiger partial charge >= 0.3 is 6.03 Å². The maximum absolute atomic E-state index is 12.8. The second-order valence-electron chi connectivity index (χ2n) is 6.53. The van der Waals surface area contributed by atoms with Crippen molar-refractivity contribution in [2.45, 2.75) is 12.8 Å². The summed E-state index contributed by atoms with van der Waals surface area (Å²) in [7, 11) is 3.37. The predicted molar refractivity (Wildman–Crippen MR) is 102 cm³/mol. The minimum atomic E-state index is -0.0520. The lowest BCUT2D eigenvalue weighted by Crippen LogP contribution is -2.46. The van der Waals surface area contributed by atoms with E-state index in [9.17, 15) is 9.59 Å². The van der Waals surface area contributed by atoms with E-state index in [1.165, 1.54) is 0 Å². The van der Waals surface area contributed by atoms with Gasteiger partial charge in [0.15, 0.2) is 5.78 Å². The Hall–Kier alpha value is -2.82. The van der Waals surface area contributed by atoms with Gasteiger partial charge in [0.1, 0.15) is 5.75 Å². The normalized spacial score (nSPS) is 14.8. The Morgan fingerprint density at radius 1 is 1.04 bits per heavy atom. The van der Waals surface area contributed by atoms with Gasteiger partial charge in [0, 0.05) is 43.4 Å². The molecular formula is C21H24N2O3. The molecule has 0 unspecified atom stereocenters. The number of likely N-dealkylation sites (tertiary alicyclic amines) is 1. The first-order valence-electron chi connectivity index (χ1n) is 8.86. The van der Waals surface area contributed by atoms with E-state index >= 15 is 0 Å². The van der Waals surface area contributed by atoms with Crippen LogP contribution in [-0.4, -0.2) is 44.0 Å². The first kappa shape index (κ1) is 18.0. The zero-order valence-corrected chi connectivity index (χ0v) is 15.2. The van der Waals surface area contributed by atoms with Crippen LogP contribution in [0.15, 0.2) is 54.6 Å². The maximum atomic E-state index is 12.8. The first-order chi connectivity index (χ1) is 12.6. The van der Waals surface area contributed by atoms with Crippen LogP contribution in [0.5, 0.6) is 5.75 Å². The van der Waals surface area contributed by atoms with Crippen LogP contribution in [0.3, 0.4) is 0 Å². The Bertz CT molecular complexity index is 768. The van der Waals surface area contributed by atoms with E-state index in [1.807, 2.05) is 59.5 Å². The number of anilines is 1. The Labute approximate surface area is 154 Å². The summed E-state index contributed by atoms with van der Waals surface area (Å²) in [6, 6.07) is 16.8. The van der Waals surface area contributed by atoms with Crippen molar-refractivity contribution >= 4 is 17.5 Å². The predicted octanol–water partition coefficient (Wildman–Crippen LogP) is 3.85. The van der Waals surface area contributed by atoms with Gasteiger partial charge in [-0.3, -0.25) is 9.69 Å². The van der Waals surface area contributed by atoms with E-state index < -0.39 is 0 Å². The fourth-order valence-corrected chi connectivity index (χ4v) is 3.31. The molecular weight excluding hydrogens is 328 g/mol. The molecule has 0 atom stereocenters. The lowest BCUT2D eigenvalue weighted by Gasteiger charge is -2.34. The van der Waals surface area contributed by atoms with Crippen molar-refractivity contribution in [2.24, 2.45) is 5.92 Å². The van der Waals surface area contributed by atoms with Crippen LogP contribution in [0.25, 0.3) is 0 Å². The molecule has 1 heterocycles. The van der Waals surface area contributed by atoms with Gasteiger partial charge in [0.05, 0.1) is 7.11 Å². The molecule has 0 saturated carbocycles. The summed E-state index contributed by atoms with van der Waals surface area (Å²) in [4.78, 5) is 28.8. The number of urea groups is 1. The van der Waals surface area contributed by atoms with Gasteiger partial charge in [0.2, 0.25) is 0 Å². The number of ether oxygens (including phenoxy) is 1. The summed E-state index contributed by atoms with van der Waals surface area (Å²) in [6.07, 6.45) is 1.40. The standard InChI is InChI=1S/C21H24N2O3/c1-22(18-9-6-10-19(15-18)26-2)21(25)23-13-11-17(12-14-23)20(24)16-7-4-3-5-8-16/h3-10,15,17H,11-14H2,1-2H3. The highest BCUT2D eigenvalue weighted by atomic mass is 16.5. The molecule has 0 spiro atoms. The molecule has 1 aliphatic rings. The van der Waals surface area contributed by atoms with Crippen molar-refractivity contribution < 1.29 is 14.3 Å². The highest BCUT2D eigenvalue weighted by molar-refractivity contribution is 5.98. The number of hydrogen-bond donors (Lipinski definition) is 0. The summed E-state index contributed by atoms with van der Waals surface area (Å²) in [6.45, 7) is 1.19. The summed E-state index contributed by atoms with van der Waals surface area (Å²) < 4.78 is 5.22. The largest absolute Gasteiger partial charge is 0.497 e. The zero-order chi connectivity index (χ0) is 18.5. The van der Waals surface area contributed by atoms with Crippen molar-refractivity contribution in [3.63, 3.8) is 0 Å². The highest BCUT2D eigenvalue weighted by Gasteiger charge is 2.29. The van der Waals surface area contributed by atoms with Crippen molar-refractivity contribution in [1.29, 1.82) is 0 Å². The third-order valence-corrected chi connectivity index (χ3v) is 4.92. The number of piperidine rings is 1. The summed E-state index contributed by atoms with van der Waals surface area (Å²) in [5, 5.41) is 0. The zero-order valence-electron chi connectivity index (χ0n) is 15.2. The number of nitrogens with zero attached hydrogens (tertiary/aromatic N) is 2. The molecule has 2 aromatic rings. The second-order valence-corrected chi connectivity index (χ2v) is 6.53. The minimum absolute atomic E-state index is 0.0106. The number of amides is 2. The Morgan fingerprint density at radius 2 is 1.73 bits per heavy atom. The van der Waals surface area contributed by atoms with E-state index in [-0.39, 0.29) is 17.7 Å². The number of Topliss-reactive ketones (excluding diaryl/α,β-unsaturated/α-hetero) is 1.